The van der Waals surface area contributed by atoms with Gasteiger partial charge >= 0.3 is 6.18 Å². The Kier molecular flexibility index (Phi) is 7.01. The summed E-state index contributed by atoms with van der Waals surface area (Å²) in [7, 11) is 0. The first-order valence-electron chi connectivity index (χ1n) is 11.3. The molecular formula is C21H29F3N8O. The molecule has 2 aromatic rings. The van der Waals surface area contributed by atoms with Crippen molar-refractivity contribution >= 4 is 23.4 Å². The Bertz CT molecular complexity index is 971. The molecule has 0 unspecified atom stereocenters. The van der Waals surface area contributed by atoms with Gasteiger partial charge in [-0.1, -0.05) is 0 Å². The summed E-state index contributed by atoms with van der Waals surface area (Å²) >= 11 is 0. The minimum atomic E-state index is -4.58. The summed E-state index contributed by atoms with van der Waals surface area (Å²) < 4.78 is 42.3. The molecular weight excluding hydrogens is 437 g/mol. The molecule has 2 aliphatic heterocycles. The number of amides is 1. The molecule has 2 aromatic heterocycles. The van der Waals surface area contributed by atoms with Crippen LogP contribution in [0.5, 0.6) is 0 Å². The third-order valence-electron chi connectivity index (χ3n) is 5.98. The van der Waals surface area contributed by atoms with E-state index in [1.807, 2.05) is 17.8 Å². The van der Waals surface area contributed by atoms with Gasteiger partial charge in [-0.25, -0.2) is 4.98 Å². The SMILES string of the molecule is Cc1nn([C@H]2CCNC2)cc1Nc1ncc(C(F)(F)F)c(NCCCN2CCCCC2=O)n1. The van der Waals surface area contributed by atoms with Gasteiger partial charge in [0.1, 0.15) is 11.4 Å². The molecule has 2 fully saturated rings. The van der Waals surface area contributed by atoms with Crippen LogP contribution in [-0.4, -0.2) is 63.3 Å². The molecule has 9 nitrogen and oxygen atoms in total. The maximum absolute atomic E-state index is 13.5. The van der Waals surface area contributed by atoms with Gasteiger partial charge in [0.2, 0.25) is 11.9 Å². The van der Waals surface area contributed by atoms with Crippen LogP contribution in [0.1, 0.15) is 49.4 Å². The van der Waals surface area contributed by atoms with Crippen molar-refractivity contribution in [3.05, 3.63) is 23.7 Å². The zero-order chi connectivity index (χ0) is 23.4. The number of hydrogen-bond donors (Lipinski definition) is 3. The van der Waals surface area contributed by atoms with Gasteiger partial charge in [-0.05, 0) is 39.2 Å². The summed E-state index contributed by atoms with van der Waals surface area (Å²) in [6, 6.07) is 0.247. The molecule has 4 heterocycles. The molecule has 3 N–H and O–H groups in total. The highest BCUT2D eigenvalue weighted by atomic mass is 19.4. The van der Waals surface area contributed by atoms with Crippen molar-refractivity contribution < 1.29 is 18.0 Å². The second kappa shape index (κ2) is 9.94. The fraction of sp³-hybridized carbons (Fsp3) is 0.619. The number of nitrogens with one attached hydrogen (secondary N) is 3. The maximum atomic E-state index is 13.5. The lowest BCUT2D eigenvalue weighted by Gasteiger charge is -2.26. The molecule has 0 saturated carbocycles. The standard InChI is InChI=1S/C21H29F3N8O/c1-14-17(13-32(30-14)15-6-8-25-11-15)28-20-27-12-16(21(22,23)24)19(29-20)26-7-4-10-31-9-3-2-5-18(31)33/h12-13,15,25H,2-11H2,1H3,(H2,26,27,28,29)/t15-/m0/s1. The fourth-order valence-corrected chi connectivity index (χ4v) is 4.14. The average molecular weight is 467 g/mol. The molecule has 0 bridgehead atoms. The van der Waals surface area contributed by atoms with Gasteiger partial charge < -0.3 is 20.9 Å². The van der Waals surface area contributed by atoms with Gasteiger partial charge in [0.25, 0.3) is 0 Å². The van der Waals surface area contributed by atoms with Crippen molar-refractivity contribution in [1.82, 2.24) is 30.0 Å². The topological polar surface area (TPSA) is 100 Å². The lowest BCUT2D eigenvalue weighted by atomic mass is 10.1. The van der Waals surface area contributed by atoms with Crippen LogP contribution in [0.3, 0.4) is 0 Å². The maximum Gasteiger partial charge on any atom is 0.421 e. The number of carbonyl (C=O) groups excluding carboxylic acids is 1. The molecule has 1 atom stereocenters. The van der Waals surface area contributed by atoms with E-state index < -0.39 is 11.7 Å². The summed E-state index contributed by atoms with van der Waals surface area (Å²) in [6.45, 7) is 5.06. The van der Waals surface area contributed by atoms with E-state index in [0.29, 0.717) is 37.3 Å². The fourth-order valence-electron chi connectivity index (χ4n) is 4.14. The van der Waals surface area contributed by atoms with Crippen LogP contribution in [0.2, 0.25) is 0 Å². The van der Waals surface area contributed by atoms with Crippen LogP contribution in [0.25, 0.3) is 0 Å². The van der Waals surface area contributed by atoms with Crippen LogP contribution in [0.4, 0.5) is 30.6 Å². The molecule has 0 aromatic carbocycles. The molecule has 180 valence electrons. The van der Waals surface area contributed by atoms with Crippen molar-refractivity contribution in [2.45, 2.75) is 51.2 Å². The van der Waals surface area contributed by atoms with E-state index >= 15 is 0 Å². The quantitative estimate of drug-likeness (QED) is 0.514. The largest absolute Gasteiger partial charge is 0.421 e. The Labute approximate surface area is 190 Å². The van der Waals surface area contributed by atoms with Crippen LogP contribution < -0.4 is 16.0 Å². The Morgan fingerprint density at radius 3 is 2.88 bits per heavy atom. The monoisotopic (exact) mass is 466 g/mol. The van der Waals surface area contributed by atoms with Crippen LogP contribution >= 0.6 is 0 Å². The number of carbonyl (C=O) groups is 1. The van der Waals surface area contributed by atoms with E-state index in [4.69, 9.17) is 0 Å². The Balaban J connectivity index is 1.43. The number of likely N-dealkylation sites (tertiary alicyclic amines) is 1. The normalized spacial score (nSPS) is 19.2. The average Bonchev–Trinajstić information content (AvgIpc) is 3.42. The van der Waals surface area contributed by atoms with E-state index in [0.717, 1.165) is 38.5 Å². The molecule has 0 spiro atoms. The van der Waals surface area contributed by atoms with Crippen molar-refractivity contribution in [2.24, 2.45) is 0 Å². The van der Waals surface area contributed by atoms with Crippen molar-refractivity contribution in [3.8, 4) is 0 Å². The number of alkyl halides is 3. The van der Waals surface area contributed by atoms with E-state index in [1.165, 1.54) is 0 Å². The first-order valence-corrected chi connectivity index (χ1v) is 11.3. The van der Waals surface area contributed by atoms with E-state index in [-0.39, 0.29) is 30.3 Å². The number of nitrogens with zero attached hydrogens (tertiary/aromatic N) is 5. The third kappa shape index (κ3) is 5.73. The number of piperidine rings is 1. The summed E-state index contributed by atoms with van der Waals surface area (Å²) in [4.78, 5) is 21.6. The number of rotatable bonds is 8. The molecule has 1 amide bonds. The summed E-state index contributed by atoms with van der Waals surface area (Å²) in [5.41, 5.74) is 0.439. The van der Waals surface area contributed by atoms with Crippen LogP contribution in [-0.2, 0) is 11.0 Å². The van der Waals surface area contributed by atoms with Crippen molar-refractivity contribution in [3.63, 3.8) is 0 Å². The molecule has 2 aliphatic rings. The number of halogens is 3. The highest BCUT2D eigenvalue weighted by Gasteiger charge is 2.35. The summed E-state index contributed by atoms with van der Waals surface area (Å²) in [5.74, 6) is -0.117. The highest BCUT2D eigenvalue weighted by molar-refractivity contribution is 5.76. The number of aromatic nitrogens is 4. The molecule has 12 heteroatoms. The second-order valence-electron chi connectivity index (χ2n) is 8.45. The number of aryl methyl sites for hydroxylation is 1. The minimum Gasteiger partial charge on any atom is -0.369 e. The zero-order valence-corrected chi connectivity index (χ0v) is 18.6. The smallest absolute Gasteiger partial charge is 0.369 e. The minimum absolute atomic E-state index is 0.0592. The number of hydrogen-bond acceptors (Lipinski definition) is 7. The zero-order valence-electron chi connectivity index (χ0n) is 18.6. The van der Waals surface area contributed by atoms with E-state index in [1.54, 1.807) is 4.90 Å². The van der Waals surface area contributed by atoms with E-state index in [2.05, 4.69) is 31.0 Å². The molecule has 0 aliphatic carbocycles. The van der Waals surface area contributed by atoms with Gasteiger partial charge in [-0.15, -0.1) is 0 Å². The molecule has 33 heavy (non-hydrogen) atoms. The van der Waals surface area contributed by atoms with E-state index in [9.17, 15) is 18.0 Å². The van der Waals surface area contributed by atoms with Crippen molar-refractivity contribution in [2.75, 3.05) is 43.4 Å². The first-order chi connectivity index (χ1) is 15.8. The third-order valence-corrected chi connectivity index (χ3v) is 5.98. The number of anilines is 3. The van der Waals surface area contributed by atoms with Gasteiger partial charge in [0, 0.05) is 45.0 Å². The second-order valence-corrected chi connectivity index (χ2v) is 8.45. The predicted octanol–water partition coefficient (Wildman–Crippen LogP) is 3.09. The molecule has 2 saturated heterocycles. The first kappa shape index (κ1) is 23.3. The molecule has 0 radical (unpaired) electrons. The lowest BCUT2D eigenvalue weighted by Crippen LogP contribution is -2.36. The Morgan fingerprint density at radius 1 is 1.30 bits per heavy atom. The highest BCUT2D eigenvalue weighted by Crippen LogP contribution is 2.34. The summed E-state index contributed by atoms with van der Waals surface area (Å²) in [6.07, 6.45) is 1.93. The Morgan fingerprint density at radius 2 is 2.15 bits per heavy atom. The molecule has 4 rings (SSSR count). The lowest BCUT2D eigenvalue weighted by molar-refractivity contribution is -0.137. The van der Waals surface area contributed by atoms with Gasteiger partial charge in [0.15, 0.2) is 0 Å². The Hall–Kier alpha value is -2.89. The summed E-state index contributed by atoms with van der Waals surface area (Å²) in [5, 5.41) is 13.6. The van der Waals surface area contributed by atoms with Crippen LogP contribution in [0.15, 0.2) is 12.4 Å². The van der Waals surface area contributed by atoms with Gasteiger partial charge in [-0.2, -0.15) is 23.3 Å². The van der Waals surface area contributed by atoms with Gasteiger partial charge in [-0.3, -0.25) is 9.48 Å². The van der Waals surface area contributed by atoms with Crippen LogP contribution in [0, 0.1) is 6.92 Å². The predicted molar refractivity (Wildman–Crippen MR) is 117 cm³/mol. The van der Waals surface area contributed by atoms with Crippen molar-refractivity contribution in [1.29, 1.82) is 0 Å². The van der Waals surface area contributed by atoms with Gasteiger partial charge in [0.05, 0.1) is 17.4 Å².